The van der Waals surface area contributed by atoms with Gasteiger partial charge in [-0.2, -0.15) is 0 Å². The maximum Gasteiger partial charge on any atom is 0.256 e. The zero-order valence-electron chi connectivity index (χ0n) is 19.3. The van der Waals surface area contributed by atoms with Crippen molar-refractivity contribution < 1.29 is 27.5 Å². The van der Waals surface area contributed by atoms with Gasteiger partial charge >= 0.3 is 0 Å². The van der Waals surface area contributed by atoms with E-state index in [4.69, 9.17) is 26.8 Å². The molecule has 2 N–H and O–H groups in total. The number of piperidine rings is 1. The van der Waals surface area contributed by atoms with Crippen LogP contribution in [0.1, 0.15) is 28.8 Å². The van der Waals surface area contributed by atoms with E-state index < -0.39 is 10.0 Å². The summed E-state index contributed by atoms with van der Waals surface area (Å²) in [5.74, 6) is -0.465. The summed E-state index contributed by atoms with van der Waals surface area (Å²) in [5, 5.41) is 0.524. The first-order valence-electron chi connectivity index (χ1n) is 10.6. The normalized spacial score (nSPS) is 14.5. The largest absolute Gasteiger partial charge is 0.493 e. The first-order valence-corrected chi connectivity index (χ1v) is 12.8. The van der Waals surface area contributed by atoms with E-state index in [1.54, 1.807) is 29.2 Å². The van der Waals surface area contributed by atoms with E-state index in [0.717, 1.165) is 10.6 Å². The van der Waals surface area contributed by atoms with Gasteiger partial charge in [-0.3, -0.25) is 13.9 Å². The summed E-state index contributed by atoms with van der Waals surface area (Å²) in [5.41, 5.74) is 6.41. The molecule has 0 aromatic heterocycles. The number of rotatable bonds is 8. The second-order valence-electron chi connectivity index (χ2n) is 8.09. The molecule has 34 heavy (non-hydrogen) atoms. The van der Waals surface area contributed by atoms with Gasteiger partial charge in [0.15, 0.2) is 11.5 Å². The Kier molecular flexibility index (Phi) is 7.93. The van der Waals surface area contributed by atoms with Gasteiger partial charge in [0.2, 0.25) is 15.9 Å². The van der Waals surface area contributed by atoms with Crippen molar-refractivity contribution in [2.45, 2.75) is 19.4 Å². The first kappa shape index (κ1) is 25.6. The van der Waals surface area contributed by atoms with E-state index in [2.05, 4.69) is 0 Å². The molecule has 9 nitrogen and oxygen atoms in total. The highest BCUT2D eigenvalue weighted by molar-refractivity contribution is 7.92. The molecule has 2 aromatic rings. The zero-order valence-corrected chi connectivity index (χ0v) is 20.9. The average Bonchev–Trinajstić information content (AvgIpc) is 2.81. The molecule has 1 saturated heterocycles. The number of nitrogens with two attached hydrogens (primary N) is 1. The van der Waals surface area contributed by atoms with Crippen LogP contribution in [0.15, 0.2) is 36.4 Å². The van der Waals surface area contributed by atoms with Crippen molar-refractivity contribution in [1.29, 1.82) is 0 Å². The molecule has 0 atom stereocenters. The number of ether oxygens (including phenoxy) is 2. The fourth-order valence-corrected chi connectivity index (χ4v) is 4.94. The van der Waals surface area contributed by atoms with E-state index in [1.165, 1.54) is 26.4 Å². The molecule has 1 fully saturated rings. The number of carbonyl (C=O) groups is 2. The van der Waals surface area contributed by atoms with Crippen molar-refractivity contribution in [1.82, 2.24) is 4.90 Å². The van der Waals surface area contributed by atoms with Gasteiger partial charge in [0.1, 0.15) is 0 Å². The Hall–Kier alpha value is -2.98. The molecule has 3 rings (SSSR count). The Morgan fingerprint density at radius 1 is 1.09 bits per heavy atom. The number of amides is 2. The Bertz CT molecular complexity index is 1160. The lowest BCUT2D eigenvalue weighted by Gasteiger charge is -2.32. The van der Waals surface area contributed by atoms with Gasteiger partial charge in [0.05, 0.1) is 38.3 Å². The highest BCUT2D eigenvalue weighted by Gasteiger charge is 2.31. The van der Waals surface area contributed by atoms with Crippen LogP contribution in [-0.2, 0) is 21.4 Å². The van der Waals surface area contributed by atoms with Crippen molar-refractivity contribution in [3.8, 4) is 11.5 Å². The lowest BCUT2D eigenvalue weighted by Crippen LogP contribution is -2.42. The van der Waals surface area contributed by atoms with E-state index in [0.29, 0.717) is 42.3 Å². The molecule has 0 bridgehead atoms. The molecule has 0 saturated carbocycles. The molecule has 1 aliphatic heterocycles. The maximum absolute atomic E-state index is 13.6. The summed E-state index contributed by atoms with van der Waals surface area (Å²) in [4.78, 5) is 26.7. The van der Waals surface area contributed by atoms with Crippen LogP contribution >= 0.6 is 11.6 Å². The Labute approximate surface area is 204 Å². The van der Waals surface area contributed by atoms with E-state index >= 15 is 0 Å². The minimum atomic E-state index is -3.81. The van der Waals surface area contributed by atoms with Crippen molar-refractivity contribution in [3.63, 3.8) is 0 Å². The fraction of sp³-hybridized carbons (Fsp3) is 0.391. The van der Waals surface area contributed by atoms with Gasteiger partial charge in [0.25, 0.3) is 5.91 Å². The molecule has 0 spiro atoms. The van der Waals surface area contributed by atoms with Gasteiger partial charge in [-0.25, -0.2) is 8.42 Å². The number of sulfonamides is 1. The highest BCUT2D eigenvalue weighted by Crippen LogP contribution is 2.38. The molecule has 2 aromatic carbocycles. The highest BCUT2D eigenvalue weighted by atomic mass is 35.5. The van der Waals surface area contributed by atoms with Crippen LogP contribution in [0.2, 0.25) is 5.02 Å². The molecule has 184 valence electrons. The fourth-order valence-electron chi connectivity index (χ4n) is 3.92. The second-order valence-corrected chi connectivity index (χ2v) is 10.4. The number of nitrogens with zero attached hydrogens (tertiary/aromatic N) is 2. The molecule has 11 heteroatoms. The minimum absolute atomic E-state index is 0.0183. The van der Waals surface area contributed by atoms with Crippen molar-refractivity contribution in [3.05, 3.63) is 52.5 Å². The summed E-state index contributed by atoms with van der Waals surface area (Å²) in [7, 11) is -0.937. The maximum atomic E-state index is 13.6. The van der Waals surface area contributed by atoms with Crippen LogP contribution in [0.3, 0.4) is 0 Å². The van der Waals surface area contributed by atoms with Crippen LogP contribution in [0, 0.1) is 5.92 Å². The Morgan fingerprint density at radius 3 is 2.15 bits per heavy atom. The summed E-state index contributed by atoms with van der Waals surface area (Å²) < 4.78 is 37.7. The third-order valence-electron chi connectivity index (χ3n) is 5.83. The lowest BCUT2D eigenvalue weighted by molar-refractivity contribution is -0.123. The SMILES string of the molecule is COc1cc(C(=O)N2CCC(C(N)=O)CC2)c(N(Cc2ccc(Cl)cc2)S(C)(=O)=O)cc1OC. The standard InChI is InChI=1S/C23H28ClN3O6S/c1-32-20-12-18(23(29)26-10-8-16(9-11-26)22(25)28)19(13-21(20)33-2)27(34(3,30)31)14-15-4-6-17(24)7-5-15/h4-7,12-13,16H,8-11,14H2,1-3H3,(H2,25,28). The number of likely N-dealkylation sites (tertiary alicyclic amines) is 1. The summed E-state index contributed by atoms with van der Waals surface area (Å²) in [6, 6.07) is 9.74. The number of anilines is 1. The topological polar surface area (TPSA) is 119 Å². The molecule has 2 amide bonds. The van der Waals surface area contributed by atoms with Gasteiger partial charge in [0, 0.05) is 30.1 Å². The van der Waals surface area contributed by atoms with E-state index in [-0.39, 0.29) is 41.3 Å². The number of halogens is 1. The van der Waals surface area contributed by atoms with Gasteiger partial charge in [-0.05, 0) is 36.6 Å². The Balaban J connectivity index is 2.07. The molecular formula is C23H28ClN3O6S. The van der Waals surface area contributed by atoms with Gasteiger partial charge in [-0.1, -0.05) is 23.7 Å². The summed E-state index contributed by atoms with van der Waals surface area (Å²) >= 11 is 5.97. The number of hydrogen-bond donors (Lipinski definition) is 1. The van der Waals surface area contributed by atoms with E-state index in [1.807, 2.05) is 0 Å². The molecule has 0 aliphatic carbocycles. The molecule has 1 aliphatic rings. The monoisotopic (exact) mass is 509 g/mol. The number of benzene rings is 2. The third-order valence-corrected chi connectivity index (χ3v) is 7.20. The van der Waals surface area contributed by atoms with Gasteiger partial charge < -0.3 is 20.1 Å². The molecule has 0 radical (unpaired) electrons. The minimum Gasteiger partial charge on any atom is -0.493 e. The van der Waals surface area contributed by atoms with Crippen LogP contribution < -0.4 is 19.5 Å². The third kappa shape index (κ3) is 5.74. The van der Waals surface area contributed by atoms with Crippen LogP contribution in [0.25, 0.3) is 0 Å². The number of primary amides is 1. The number of carbonyl (C=O) groups excluding carboxylic acids is 2. The quantitative estimate of drug-likeness (QED) is 0.584. The molecule has 1 heterocycles. The lowest BCUT2D eigenvalue weighted by atomic mass is 9.95. The number of hydrogen-bond acceptors (Lipinski definition) is 6. The second kappa shape index (κ2) is 10.5. The summed E-state index contributed by atoms with van der Waals surface area (Å²) in [6.07, 6.45) is 1.97. The smallest absolute Gasteiger partial charge is 0.256 e. The molecular weight excluding hydrogens is 482 g/mol. The van der Waals surface area contributed by atoms with Crippen LogP contribution in [-0.4, -0.2) is 58.7 Å². The molecule has 0 unspecified atom stereocenters. The Morgan fingerprint density at radius 2 is 1.65 bits per heavy atom. The van der Waals surface area contributed by atoms with Crippen LogP contribution in [0.5, 0.6) is 11.5 Å². The number of methoxy groups -OCH3 is 2. The van der Waals surface area contributed by atoms with Crippen LogP contribution in [0.4, 0.5) is 5.69 Å². The zero-order chi connectivity index (χ0) is 25.0. The van der Waals surface area contributed by atoms with Crippen molar-refractivity contribution >= 4 is 39.1 Å². The van der Waals surface area contributed by atoms with E-state index in [9.17, 15) is 18.0 Å². The average molecular weight is 510 g/mol. The van der Waals surface area contributed by atoms with Gasteiger partial charge in [-0.15, -0.1) is 0 Å². The predicted octanol–water partition coefficient (Wildman–Crippen LogP) is 2.66. The first-order chi connectivity index (χ1) is 16.0. The van der Waals surface area contributed by atoms with Crippen molar-refractivity contribution in [2.75, 3.05) is 37.9 Å². The summed E-state index contributed by atoms with van der Waals surface area (Å²) in [6.45, 7) is 0.641. The van der Waals surface area contributed by atoms with Crippen molar-refractivity contribution in [2.24, 2.45) is 11.7 Å². The predicted molar refractivity (Wildman–Crippen MR) is 130 cm³/mol.